The first-order valence-corrected chi connectivity index (χ1v) is 18.0. The van der Waals surface area contributed by atoms with Crippen LogP contribution in [0.5, 0.6) is 0 Å². The summed E-state index contributed by atoms with van der Waals surface area (Å²) in [4.78, 5) is 0. The molecule has 0 fully saturated rings. The van der Waals surface area contributed by atoms with Gasteiger partial charge in [0.1, 0.15) is 0 Å². The third-order valence-electron chi connectivity index (χ3n) is 3.53. The maximum atomic E-state index is 6.54. The molecule has 10 heteroatoms. The van der Waals surface area contributed by atoms with Crippen molar-refractivity contribution in [2.45, 2.75) is 65.1 Å². The zero-order chi connectivity index (χ0) is 18.7. The van der Waals surface area contributed by atoms with E-state index in [-0.39, 0.29) is 5.04 Å². The van der Waals surface area contributed by atoms with Gasteiger partial charge in [0.25, 0.3) is 0 Å². The molecule has 0 aliphatic carbocycles. The molecule has 0 saturated heterocycles. The third-order valence-corrected chi connectivity index (χ3v) is 17.4. The molecular formula is C13H36O6Si4. The highest BCUT2D eigenvalue weighted by molar-refractivity contribution is 6.88. The quantitative estimate of drug-likeness (QED) is 0.548. The lowest BCUT2D eigenvalue weighted by Gasteiger charge is -2.48. The standard InChI is InChI=1S/C13H36O6Si4/c1-13(2,3)23(17-20(7,8)14-4,18-21(9,10)15-5)19-22(11,12)16-6/h1-12H3. The average molecular weight is 401 g/mol. The zero-order valence-corrected chi connectivity index (χ0v) is 20.9. The second kappa shape index (κ2) is 7.89. The van der Waals surface area contributed by atoms with Crippen LogP contribution in [0.2, 0.25) is 44.3 Å². The van der Waals surface area contributed by atoms with Crippen LogP contribution in [0.15, 0.2) is 0 Å². The first-order chi connectivity index (χ1) is 10.1. The van der Waals surface area contributed by atoms with E-state index in [2.05, 4.69) is 20.8 Å². The van der Waals surface area contributed by atoms with E-state index in [4.69, 9.17) is 25.6 Å². The van der Waals surface area contributed by atoms with Gasteiger partial charge in [-0.2, -0.15) is 0 Å². The summed E-state index contributed by atoms with van der Waals surface area (Å²) in [5.74, 6) is 0. The second-order valence-corrected chi connectivity index (χ2v) is 22.6. The highest BCUT2D eigenvalue weighted by atomic mass is 28.5. The lowest BCUT2D eigenvalue weighted by molar-refractivity contribution is 0.141. The van der Waals surface area contributed by atoms with Gasteiger partial charge in [0.05, 0.1) is 0 Å². The summed E-state index contributed by atoms with van der Waals surface area (Å²) in [6.45, 7) is 18.2. The van der Waals surface area contributed by atoms with Gasteiger partial charge in [0.2, 0.25) is 0 Å². The van der Waals surface area contributed by atoms with E-state index in [1.807, 2.05) is 39.3 Å². The van der Waals surface area contributed by atoms with Gasteiger partial charge < -0.3 is 25.6 Å². The van der Waals surface area contributed by atoms with Gasteiger partial charge in [-0.3, -0.25) is 0 Å². The molecule has 0 unspecified atom stereocenters. The SMILES string of the molecule is CO[Si](C)(C)O[Si](O[Si](C)(C)OC)(O[Si](C)(C)OC)C(C)(C)C. The molecule has 0 rings (SSSR count). The Morgan fingerprint density at radius 1 is 0.522 bits per heavy atom. The minimum Gasteiger partial charge on any atom is -0.398 e. The van der Waals surface area contributed by atoms with E-state index in [1.165, 1.54) is 0 Å². The fourth-order valence-corrected chi connectivity index (χ4v) is 15.7. The Kier molecular flexibility index (Phi) is 8.10. The lowest BCUT2D eigenvalue weighted by Crippen LogP contribution is -2.67. The summed E-state index contributed by atoms with van der Waals surface area (Å²) in [6, 6.07) is 0. The number of hydrogen-bond acceptors (Lipinski definition) is 6. The van der Waals surface area contributed by atoms with E-state index in [9.17, 15) is 0 Å². The predicted molar refractivity (Wildman–Crippen MR) is 102 cm³/mol. The van der Waals surface area contributed by atoms with Crippen molar-refractivity contribution >= 4 is 34.5 Å². The van der Waals surface area contributed by atoms with Crippen molar-refractivity contribution in [3.05, 3.63) is 0 Å². The Bertz CT molecular complexity index is 336. The Balaban J connectivity index is 6.04. The molecule has 0 N–H and O–H groups in total. The maximum Gasteiger partial charge on any atom is 0.479 e. The largest absolute Gasteiger partial charge is 0.479 e. The van der Waals surface area contributed by atoms with Gasteiger partial charge in [-0.1, -0.05) is 20.8 Å². The topological polar surface area (TPSA) is 55.4 Å². The molecule has 0 saturated carbocycles. The van der Waals surface area contributed by atoms with Gasteiger partial charge in [-0.15, -0.1) is 0 Å². The van der Waals surface area contributed by atoms with Crippen LogP contribution < -0.4 is 0 Å². The fraction of sp³-hybridized carbons (Fsp3) is 1.00. The fourth-order valence-electron chi connectivity index (χ4n) is 1.62. The van der Waals surface area contributed by atoms with E-state index in [1.54, 1.807) is 21.3 Å². The molecule has 0 aromatic carbocycles. The summed E-state index contributed by atoms with van der Waals surface area (Å²) >= 11 is 0. The van der Waals surface area contributed by atoms with Crippen LogP contribution in [0, 0.1) is 0 Å². The monoisotopic (exact) mass is 400 g/mol. The summed E-state index contributed by atoms with van der Waals surface area (Å²) in [6.07, 6.45) is 0. The van der Waals surface area contributed by atoms with Crippen LogP contribution in [-0.4, -0.2) is 55.8 Å². The van der Waals surface area contributed by atoms with Crippen molar-refractivity contribution in [1.82, 2.24) is 0 Å². The molecule has 0 amide bonds. The molecule has 6 nitrogen and oxygen atoms in total. The summed E-state index contributed by atoms with van der Waals surface area (Å²) in [5.41, 5.74) is 0. The predicted octanol–water partition coefficient (Wildman–Crippen LogP) is 3.82. The van der Waals surface area contributed by atoms with E-state index in [0.717, 1.165) is 0 Å². The molecule has 0 aromatic rings. The molecule has 23 heavy (non-hydrogen) atoms. The van der Waals surface area contributed by atoms with Gasteiger partial charge in [0, 0.05) is 26.4 Å². The Morgan fingerprint density at radius 3 is 0.870 bits per heavy atom. The van der Waals surface area contributed by atoms with Gasteiger partial charge >= 0.3 is 34.5 Å². The van der Waals surface area contributed by atoms with E-state index < -0.39 is 34.5 Å². The molecule has 0 aliphatic rings. The van der Waals surface area contributed by atoms with E-state index >= 15 is 0 Å². The summed E-state index contributed by atoms with van der Waals surface area (Å²) in [5, 5.41) is -0.332. The minimum absolute atomic E-state index is 0.332. The van der Waals surface area contributed by atoms with Gasteiger partial charge in [-0.05, 0) is 39.3 Å². The number of rotatable bonds is 9. The Morgan fingerprint density at radius 2 is 0.739 bits per heavy atom. The zero-order valence-electron chi connectivity index (χ0n) is 16.9. The van der Waals surface area contributed by atoms with Crippen LogP contribution in [0.4, 0.5) is 0 Å². The van der Waals surface area contributed by atoms with Crippen LogP contribution in [0.1, 0.15) is 20.8 Å². The van der Waals surface area contributed by atoms with Gasteiger partial charge in [0.15, 0.2) is 0 Å². The average Bonchev–Trinajstić information content (AvgIpc) is 2.36. The van der Waals surface area contributed by atoms with Crippen molar-refractivity contribution in [3.8, 4) is 0 Å². The Hall–Kier alpha value is 0.628. The first-order valence-electron chi connectivity index (χ1n) is 7.81. The highest BCUT2D eigenvalue weighted by Gasteiger charge is 2.61. The third kappa shape index (κ3) is 7.18. The molecule has 140 valence electrons. The smallest absolute Gasteiger partial charge is 0.398 e. The van der Waals surface area contributed by atoms with Crippen LogP contribution >= 0.6 is 0 Å². The highest BCUT2D eigenvalue weighted by Crippen LogP contribution is 2.43. The maximum absolute atomic E-state index is 6.54. The van der Waals surface area contributed by atoms with E-state index in [0.29, 0.717) is 0 Å². The molecule has 0 aromatic heterocycles. The molecule has 0 aliphatic heterocycles. The van der Waals surface area contributed by atoms with Crippen molar-refractivity contribution in [2.24, 2.45) is 0 Å². The normalized spacial score (nSPS) is 15.1. The second-order valence-electron chi connectivity index (χ2n) is 7.92. The lowest BCUT2D eigenvalue weighted by atomic mass is 10.3. The van der Waals surface area contributed by atoms with Crippen LogP contribution in [0.25, 0.3) is 0 Å². The van der Waals surface area contributed by atoms with Gasteiger partial charge in [-0.25, -0.2) is 0 Å². The molecule has 0 heterocycles. The summed E-state index contributed by atoms with van der Waals surface area (Å²) < 4.78 is 36.5. The van der Waals surface area contributed by atoms with Crippen LogP contribution in [0.3, 0.4) is 0 Å². The molecule has 0 radical (unpaired) electrons. The van der Waals surface area contributed by atoms with Crippen molar-refractivity contribution in [1.29, 1.82) is 0 Å². The molecule has 0 bridgehead atoms. The molecule has 0 spiro atoms. The number of hydrogen-bond donors (Lipinski definition) is 0. The Labute approximate surface area is 146 Å². The van der Waals surface area contributed by atoms with Crippen molar-refractivity contribution in [2.75, 3.05) is 21.3 Å². The van der Waals surface area contributed by atoms with Crippen molar-refractivity contribution < 1.29 is 25.6 Å². The van der Waals surface area contributed by atoms with Crippen molar-refractivity contribution in [3.63, 3.8) is 0 Å². The van der Waals surface area contributed by atoms with Crippen LogP contribution in [-0.2, 0) is 25.6 Å². The first kappa shape index (κ1) is 23.6. The molecular weight excluding hydrogens is 364 g/mol. The summed E-state index contributed by atoms with van der Waals surface area (Å²) in [7, 11) is -5.35. The molecule has 0 atom stereocenters. The minimum atomic E-state index is -3.16.